The van der Waals surface area contributed by atoms with Crippen LogP contribution >= 0.6 is 0 Å². The molecule has 0 saturated carbocycles. The molecule has 0 heterocycles. The molecule has 0 aliphatic carbocycles. The summed E-state index contributed by atoms with van der Waals surface area (Å²) in [6, 6.07) is 0. The molecule has 3 nitrogen and oxygen atoms in total. The quantitative estimate of drug-likeness (QED) is 0.578. The minimum absolute atomic E-state index is 0.0421. The summed E-state index contributed by atoms with van der Waals surface area (Å²) in [4.78, 5) is 23.9. The number of carbonyl (C=O) groups is 2. The van der Waals surface area contributed by atoms with Crippen LogP contribution < -0.4 is 0 Å². The third-order valence-electron chi connectivity index (χ3n) is 2.85. The lowest BCUT2D eigenvalue weighted by Gasteiger charge is -2.16. The fourth-order valence-electron chi connectivity index (χ4n) is 1.58. The first-order valence-corrected chi connectivity index (χ1v) is 6.04. The van der Waals surface area contributed by atoms with E-state index in [2.05, 4.69) is 20.1 Å². The maximum Gasteiger partial charge on any atom is 0.245 e. The summed E-state index contributed by atoms with van der Waals surface area (Å²) in [7, 11) is 1.77. The van der Waals surface area contributed by atoms with E-state index in [0.29, 0.717) is 12.3 Å². The van der Waals surface area contributed by atoms with Gasteiger partial charge in [0, 0.05) is 20.0 Å². The van der Waals surface area contributed by atoms with Crippen LogP contribution in [0.4, 0.5) is 0 Å². The van der Waals surface area contributed by atoms with E-state index in [1.54, 1.807) is 11.9 Å². The van der Waals surface area contributed by atoms with E-state index < -0.39 is 0 Å². The first kappa shape index (κ1) is 15.6. The summed E-state index contributed by atoms with van der Waals surface area (Å²) < 4.78 is 0. The number of ketones is 1. The number of rotatable bonds is 9. The molecule has 0 bridgehead atoms. The Kier molecular flexibility index (Phi) is 8.03. The smallest absolute Gasteiger partial charge is 0.245 e. The molecule has 0 N–H and O–H groups in total. The van der Waals surface area contributed by atoms with E-state index in [1.165, 1.54) is 12.2 Å². The molecular weight excluding hydrogens is 214 g/mol. The Morgan fingerprint density at radius 3 is 2.41 bits per heavy atom. The van der Waals surface area contributed by atoms with Crippen molar-refractivity contribution in [1.29, 1.82) is 0 Å². The lowest BCUT2D eigenvalue weighted by atomic mass is 9.98. The summed E-state index contributed by atoms with van der Waals surface area (Å²) in [5.74, 6) is 0.571. The third-order valence-corrected chi connectivity index (χ3v) is 2.85. The van der Waals surface area contributed by atoms with Crippen LogP contribution in [0, 0.1) is 5.92 Å². The first-order valence-electron chi connectivity index (χ1n) is 6.04. The number of hydrogen-bond acceptors (Lipinski definition) is 2. The van der Waals surface area contributed by atoms with Gasteiger partial charge in [-0.3, -0.25) is 9.59 Å². The molecule has 0 spiro atoms. The molecule has 0 saturated heterocycles. The zero-order valence-corrected chi connectivity index (χ0v) is 10.9. The minimum Gasteiger partial charge on any atom is -0.342 e. The molecule has 0 rings (SSSR count). The van der Waals surface area contributed by atoms with Gasteiger partial charge in [0.25, 0.3) is 0 Å². The number of likely N-dealkylation sites (N-methyl/N-ethyl adjacent to an activating group) is 1. The summed E-state index contributed by atoms with van der Waals surface area (Å²) in [5.41, 5.74) is 0. The van der Waals surface area contributed by atoms with Crippen molar-refractivity contribution in [2.45, 2.75) is 32.6 Å². The second-order valence-electron chi connectivity index (χ2n) is 4.42. The Hall–Kier alpha value is -1.38. The summed E-state index contributed by atoms with van der Waals surface area (Å²) in [6.07, 6.45) is 6.16. The van der Waals surface area contributed by atoms with E-state index in [0.717, 1.165) is 25.8 Å². The fourth-order valence-corrected chi connectivity index (χ4v) is 1.58. The van der Waals surface area contributed by atoms with Gasteiger partial charge in [-0.15, -0.1) is 0 Å². The molecule has 0 aromatic heterocycles. The van der Waals surface area contributed by atoms with Crippen molar-refractivity contribution in [2.24, 2.45) is 5.92 Å². The fraction of sp³-hybridized carbons (Fsp3) is 0.571. The average molecular weight is 237 g/mol. The first-order chi connectivity index (χ1) is 8.01. The van der Waals surface area contributed by atoms with Crippen molar-refractivity contribution < 1.29 is 9.59 Å². The average Bonchev–Trinajstić information content (AvgIpc) is 2.34. The van der Waals surface area contributed by atoms with Crippen molar-refractivity contribution >= 4 is 11.7 Å². The molecule has 0 aromatic carbocycles. The van der Waals surface area contributed by atoms with Crippen LogP contribution in [0.25, 0.3) is 0 Å². The molecule has 96 valence electrons. The largest absolute Gasteiger partial charge is 0.342 e. The lowest BCUT2D eigenvalue weighted by Crippen LogP contribution is -2.25. The summed E-state index contributed by atoms with van der Waals surface area (Å²) >= 11 is 0. The summed E-state index contributed by atoms with van der Waals surface area (Å²) in [6.45, 7) is 9.77. The topological polar surface area (TPSA) is 37.4 Å². The predicted octanol–water partition coefficient (Wildman–Crippen LogP) is 2.58. The highest BCUT2D eigenvalue weighted by Crippen LogP contribution is 2.13. The van der Waals surface area contributed by atoms with E-state index in [-0.39, 0.29) is 11.7 Å². The Labute approximate surface area is 104 Å². The van der Waals surface area contributed by atoms with Crippen LogP contribution in [-0.4, -0.2) is 30.2 Å². The standard InChI is InChI=1S/C14H23NO2/c1-5-13(16)10-9-12(3)8-7-11-15(4)14(17)6-2/h5-6,12H,1-2,7-11H2,3-4H3. The maximum atomic E-state index is 11.2. The molecule has 0 fully saturated rings. The van der Waals surface area contributed by atoms with Crippen LogP contribution in [0.1, 0.15) is 32.6 Å². The Balaban J connectivity index is 3.67. The van der Waals surface area contributed by atoms with Gasteiger partial charge in [0.15, 0.2) is 5.78 Å². The van der Waals surface area contributed by atoms with Crippen molar-refractivity contribution in [3.05, 3.63) is 25.3 Å². The van der Waals surface area contributed by atoms with Crippen LogP contribution in [-0.2, 0) is 9.59 Å². The third kappa shape index (κ3) is 7.50. The molecule has 0 aliphatic rings. The van der Waals surface area contributed by atoms with E-state index in [4.69, 9.17) is 0 Å². The molecule has 0 aliphatic heterocycles. The van der Waals surface area contributed by atoms with Gasteiger partial charge in [-0.2, -0.15) is 0 Å². The van der Waals surface area contributed by atoms with Gasteiger partial charge in [0.1, 0.15) is 0 Å². The molecule has 1 amide bonds. The molecule has 3 heteroatoms. The molecule has 1 unspecified atom stereocenters. The lowest BCUT2D eigenvalue weighted by molar-refractivity contribution is -0.124. The van der Waals surface area contributed by atoms with E-state index in [9.17, 15) is 9.59 Å². The Bertz CT molecular complexity index is 284. The van der Waals surface area contributed by atoms with Crippen LogP contribution in [0.5, 0.6) is 0 Å². The van der Waals surface area contributed by atoms with Gasteiger partial charge in [0.05, 0.1) is 0 Å². The SMILES string of the molecule is C=CC(=O)CCC(C)CCCN(C)C(=O)C=C. The van der Waals surface area contributed by atoms with Gasteiger partial charge < -0.3 is 4.90 Å². The highest BCUT2D eigenvalue weighted by Gasteiger charge is 2.07. The zero-order valence-electron chi connectivity index (χ0n) is 10.9. The molecule has 1 atom stereocenters. The van der Waals surface area contributed by atoms with E-state index in [1.807, 2.05) is 0 Å². The maximum absolute atomic E-state index is 11.2. The number of carbonyl (C=O) groups excluding carboxylic acids is 2. The number of allylic oxidation sites excluding steroid dienone is 1. The number of hydrogen-bond donors (Lipinski definition) is 0. The van der Waals surface area contributed by atoms with Crippen LogP contribution in [0.2, 0.25) is 0 Å². The minimum atomic E-state index is -0.0421. The number of nitrogens with zero attached hydrogens (tertiary/aromatic N) is 1. The monoisotopic (exact) mass is 237 g/mol. The van der Waals surface area contributed by atoms with Gasteiger partial charge in [0.2, 0.25) is 5.91 Å². The summed E-state index contributed by atoms with van der Waals surface area (Å²) in [5, 5.41) is 0. The van der Waals surface area contributed by atoms with Crippen molar-refractivity contribution in [3.8, 4) is 0 Å². The van der Waals surface area contributed by atoms with Gasteiger partial charge in [-0.05, 0) is 37.3 Å². The van der Waals surface area contributed by atoms with Gasteiger partial charge in [-0.25, -0.2) is 0 Å². The van der Waals surface area contributed by atoms with Crippen molar-refractivity contribution in [1.82, 2.24) is 4.90 Å². The normalized spacial score (nSPS) is 11.6. The van der Waals surface area contributed by atoms with Crippen LogP contribution in [0.15, 0.2) is 25.3 Å². The highest BCUT2D eigenvalue weighted by atomic mass is 16.2. The molecule has 17 heavy (non-hydrogen) atoms. The Morgan fingerprint density at radius 1 is 1.24 bits per heavy atom. The van der Waals surface area contributed by atoms with Crippen molar-refractivity contribution in [3.63, 3.8) is 0 Å². The molecule has 0 radical (unpaired) electrons. The Morgan fingerprint density at radius 2 is 1.88 bits per heavy atom. The predicted molar refractivity (Wildman–Crippen MR) is 70.7 cm³/mol. The van der Waals surface area contributed by atoms with Gasteiger partial charge >= 0.3 is 0 Å². The molecular formula is C14H23NO2. The second kappa shape index (κ2) is 8.74. The number of amides is 1. The highest BCUT2D eigenvalue weighted by molar-refractivity contribution is 5.88. The van der Waals surface area contributed by atoms with Gasteiger partial charge in [-0.1, -0.05) is 20.1 Å². The van der Waals surface area contributed by atoms with Crippen LogP contribution in [0.3, 0.4) is 0 Å². The molecule has 0 aromatic rings. The van der Waals surface area contributed by atoms with Crippen molar-refractivity contribution in [2.75, 3.05) is 13.6 Å². The zero-order chi connectivity index (χ0) is 13.3. The van der Waals surface area contributed by atoms with E-state index >= 15 is 0 Å². The second-order valence-corrected chi connectivity index (χ2v) is 4.42.